The van der Waals surface area contributed by atoms with Crippen molar-refractivity contribution in [3.05, 3.63) is 104 Å². The second kappa shape index (κ2) is 9.91. The van der Waals surface area contributed by atoms with Crippen LogP contribution in [0.1, 0.15) is 11.1 Å². The monoisotopic (exact) mass is 513 g/mol. The number of benzene rings is 3. The summed E-state index contributed by atoms with van der Waals surface area (Å²) in [6.45, 7) is 0.539. The minimum Gasteiger partial charge on any atom is -0.342 e. The van der Waals surface area contributed by atoms with E-state index in [9.17, 15) is 10.1 Å². The molecule has 0 unspecified atom stereocenters. The number of amides is 1. The molecule has 0 spiro atoms. The van der Waals surface area contributed by atoms with Crippen molar-refractivity contribution in [1.82, 2.24) is 4.57 Å². The predicted octanol–water partition coefficient (Wildman–Crippen LogP) is 7.85. The number of anilines is 1. The van der Waals surface area contributed by atoms with E-state index >= 15 is 0 Å². The Kier molecular flexibility index (Phi) is 6.97. The summed E-state index contributed by atoms with van der Waals surface area (Å²) in [5.74, 6) is -0.581. The zero-order valence-electron chi connectivity index (χ0n) is 16.9. The third kappa shape index (κ3) is 5.03. The Morgan fingerprint density at radius 1 is 0.970 bits per heavy atom. The van der Waals surface area contributed by atoms with Gasteiger partial charge in [-0.05, 0) is 42.0 Å². The predicted molar refractivity (Wildman–Crippen MR) is 136 cm³/mol. The minimum absolute atomic E-state index is 0.0662. The number of hydrogen-bond donors (Lipinski definition) is 1. The number of aromatic nitrogens is 1. The van der Waals surface area contributed by atoms with E-state index in [-0.39, 0.29) is 10.6 Å². The van der Waals surface area contributed by atoms with Crippen molar-refractivity contribution >= 4 is 75.0 Å². The van der Waals surface area contributed by atoms with Gasteiger partial charge in [-0.1, -0.05) is 76.7 Å². The van der Waals surface area contributed by atoms with Gasteiger partial charge in [-0.2, -0.15) is 5.26 Å². The number of fused-ring (bicyclic) bond motifs is 1. The van der Waals surface area contributed by atoms with E-state index in [1.165, 1.54) is 0 Å². The molecule has 1 heterocycles. The highest BCUT2D eigenvalue weighted by atomic mass is 35.5. The Labute approximate surface area is 210 Å². The highest BCUT2D eigenvalue weighted by molar-refractivity contribution is 6.44. The fourth-order valence-corrected chi connectivity index (χ4v) is 4.12. The summed E-state index contributed by atoms with van der Waals surface area (Å²) in [5, 5.41) is 14.7. The van der Waals surface area contributed by atoms with Crippen LogP contribution in [0.2, 0.25) is 20.1 Å². The third-order valence-electron chi connectivity index (χ3n) is 5.02. The average Bonchev–Trinajstić information content (AvgIpc) is 3.15. The summed E-state index contributed by atoms with van der Waals surface area (Å²) in [6, 6.07) is 20.1. The van der Waals surface area contributed by atoms with Crippen molar-refractivity contribution in [3.8, 4) is 6.07 Å². The zero-order chi connectivity index (χ0) is 23.5. The number of nitriles is 1. The molecule has 0 atom stereocenters. The van der Waals surface area contributed by atoms with Gasteiger partial charge in [0.05, 0.1) is 25.8 Å². The summed E-state index contributed by atoms with van der Waals surface area (Å²) in [5.41, 5.74) is 2.91. The van der Waals surface area contributed by atoms with Crippen LogP contribution >= 0.6 is 46.4 Å². The van der Waals surface area contributed by atoms with Crippen LogP contribution in [-0.4, -0.2) is 10.5 Å². The Morgan fingerprint density at radius 3 is 2.52 bits per heavy atom. The van der Waals surface area contributed by atoms with Crippen LogP contribution in [0.25, 0.3) is 17.0 Å². The molecule has 0 saturated heterocycles. The smallest absolute Gasteiger partial charge is 0.266 e. The van der Waals surface area contributed by atoms with E-state index in [0.717, 1.165) is 22.0 Å². The topological polar surface area (TPSA) is 57.8 Å². The molecular formula is C25H15Cl4N3O. The van der Waals surface area contributed by atoms with Crippen LogP contribution in [0.5, 0.6) is 0 Å². The molecular weight excluding hydrogens is 500 g/mol. The largest absolute Gasteiger partial charge is 0.342 e. The first-order chi connectivity index (χ1) is 15.9. The normalized spacial score (nSPS) is 11.4. The molecule has 0 aliphatic heterocycles. The lowest BCUT2D eigenvalue weighted by Crippen LogP contribution is -2.13. The van der Waals surface area contributed by atoms with Gasteiger partial charge in [0.2, 0.25) is 0 Å². The molecule has 0 bridgehead atoms. The molecule has 0 aliphatic rings. The molecule has 1 amide bonds. The molecule has 1 N–H and O–H groups in total. The number of carbonyl (C=O) groups is 1. The molecule has 1 aromatic heterocycles. The average molecular weight is 515 g/mol. The van der Waals surface area contributed by atoms with Crippen molar-refractivity contribution in [2.24, 2.45) is 0 Å². The van der Waals surface area contributed by atoms with Crippen LogP contribution in [0.3, 0.4) is 0 Å². The maximum Gasteiger partial charge on any atom is 0.266 e. The van der Waals surface area contributed by atoms with Crippen LogP contribution in [0, 0.1) is 11.3 Å². The molecule has 0 saturated carbocycles. The van der Waals surface area contributed by atoms with Gasteiger partial charge in [-0.15, -0.1) is 0 Å². The van der Waals surface area contributed by atoms with E-state index < -0.39 is 5.91 Å². The fourth-order valence-electron chi connectivity index (χ4n) is 3.45. The lowest BCUT2D eigenvalue weighted by atomic mass is 10.1. The highest BCUT2D eigenvalue weighted by Gasteiger charge is 2.15. The van der Waals surface area contributed by atoms with Crippen LogP contribution in [0.15, 0.2) is 72.4 Å². The third-order valence-corrected chi connectivity index (χ3v) is 6.58. The second-order valence-corrected chi connectivity index (χ2v) is 8.80. The van der Waals surface area contributed by atoms with Crippen molar-refractivity contribution < 1.29 is 4.79 Å². The van der Waals surface area contributed by atoms with Crippen molar-refractivity contribution in [2.45, 2.75) is 6.54 Å². The maximum atomic E-state index is 12.8. The molecule has 4 nitrogen and oxygen atoms in total. The Morgan fingerprint density at radius 2 is 1.76 bits per heavy atom. The number of carbonyl (C=O) groups excluding carboxylic acids is 1. The van der Waals surface area contributed by atoms with Gasteiger partial charge in [0.1, 0.15) is 11.6 Å². The number of hydrogen-bond acceptors (Lipinski definition) is 2. The van der Waals surface area contributed by atoms with E-state index in [0.29, 0.717) is 27.3 Å². The highest BCUT2D eigenvalue weighted by Crippen LogP contribution is 2.30. The number of para-hydroxylation sites is 1. The maximum absolute atomic E-state index is 12.8. The molecule has 4 rings (SSSR count). The number of nitrogens with zero attached hydrogens (tertiary/aromatic N) is 2. The zero-order valence-corrected chi connectivity index (χ0v) is 20.0. The first kappa shape index (κ1) is 23.2. The van der Waals surface area contributed by atoms with E-state index in [4.69, 9.17) is 46.4 Å². The number of nitrogens with one attached hydrogen (secondary N) is 1. The first-order valence-electron chi connectivity index (χ1n) is 9.76. The van der Waals surface area contributed by atoms with Gasteiger partial charge in [-0.3, -0.25) is 4.79 Å². The molecule has 0 radical (unpaired) electrons. The quantitative estimate of drug-likeness (QED) is 0.218. The lowest BCUT2D eigenvalue weighted by Gasteiger charge is -2.07. The number of rotatable bonds is 5. The Hall–Kier alpha value is -2.94. The second-order valence-electron chi connectivity index (χ2n) is 7.20. The summed E-state index contributed by atoms with van der Waals surface area (Å²) in [4.78, 5) is 12.8. The van der Waals surface area contributed by atoms with Gasteiger partial charge < -0.3 is 9.88 Å². The Balaban J connectivity index is 1.69. The first-order valence-corrected chi connectivity index (χ1v) is 11.3. The fraction of sp³-hybridized carbons (Fsp3) is 0.0400. The SMILES string of the molecule is N#C/C(=C/c1cn(Cc2ccc(Cl)c(Cl)c2)c2ccccc12)C(=O)Nc1cccc(Cl)c1Cl. The molecule has 3 aromatic carbocycles. The molecule has 4 aromatic rings. The Bertz CT molecular complexity index is 1450. The van der Waals surface area contributed by atoms with E-state index in [1.54, 1.807) is 30.3 Å². The van der Waals surface area contributed by atoms with Crippen molar-refractivity contribution in [1.29, 1.82) is 5.26 Å². The summed E-state index contributed by atoms with van der Waals surface area (Å²) in [6.07, 6.45) is 3.45. The molecule has 0 aliphatic carbocycles. The van der Waals surface area contributed by atoms with Gasteiger partial charge >= 0.3 is 0 Å². The number of halogens is 4. The molecule has 33 heavy (non-hydrogen) atoms. The van der Waals surface area contributed by atoms with Crippen molar-refractivity contribution in [2.75, 3.05) is 5.32 Å². The van der Waals surface area contributed by atoms with Crippen LogP contribution < -0.4 is 5.32 Å². The molecule has 8 heteroatoms. The molecule has 0 fully saturated rings. The van der Waals surface area contributed by atoms with Gasteiger partial charge in [0.15, 0.2) is 0 Å². The van der Waals surface area contributed by atoms with E-state index in [2.05, 4.69) is 5.32 Å². The van der Waals surface area contributed by atoms with Crippen LogP contribution in [-0.2, 0) is 11.3 Å². The minimum atomic E-state index is -0.581. The summed E-state index contributed by atoms with van der Waals surface area (Å²) < 4.78 is 2.03. The van der Waals surface area contributed by atoms with Gasteiger partial charge in [-0.25, -0.2) is 0 Å². The standard InChI is InChI=1S/C25H15Cl4N3O/c26-19-9-8-15(10-21(19)28)13-32-14-17(18-4-1-2-7-23(18)32)11-16(12-30)25(33)31-22-6-3-5-20(27)24(22)29/h1-11,14H,13H2,(H,31,33)/b16-11-. The molecule has 164 valence electrons. The van der Waals surface area contributed by atoms with Gasteiger partial charge in [0, 0.05) is 29.2 Å². The van der Waals surface area contributed by atoms with Gasteiger partial charge in [0.25, 0.3) is 5.91 Å². The van der Waals surface area contributed by atoms with Crippen molar-refractivity contribution in [3.63, 3.8) is 0 Å². The van der Waals surface area contributed by atoms with E-state index in [1.807, 2.05) is 53.2 Å². The lowest BCUT2D eigenvalue weighted by molar-refractivity contribution is -0.112. The summed E-state index contributed by atoms with van der Waals surface area (Å²) >= 11 is 24.4. The van der Waals surface area contributed by atoms with Crippen LogP contribution in [0.4, 0.5) is 5.69 Å². The summed E-state index contributed by atoms with van der Waals surface area (Å²) in [7, 11) is 0.